The lowest BCUT2D eigenvalue weighted by molar-refractivity contribution is 0.102. The fraction of sp³-hybridized carbons (Fsp3) is 0.263. The number of anilines is 3. The molecule has 2 aromatic heterocycles. The summed E-state index contributed by atoms with van der Waals surface area (Å²) in [5, 5.41) is 9.43. The van der Waals surface area contributed by atoms with Crippen LogP contribution >= 0.6 is 0 Å². The smallest absolute Gasteiger partial charge is 0.275 e. The number of carbonyl (C=O) groups is 1. The highest BCUT2D eigenvalue weighted by Gasteiger charge is 2.16. The molecule has 0 saturated heterocycles. The summed E-state index contributed by atoms with van der Waals surface area (Å²) >= 11 is 0. The van der Waals surface area contributed by atoms with Crippen molar-refractivity contribution < 1.29 is 23.5 Å². The van der Waals surface area contributed by atoms with E-state index in [0.29, 0.717) is 40.2 Å². The van der Waals surface area contributed by atoms with Crippen LogP contribution in [0.15, 0.2) is 28.8 Å². The van der Waals surface area contributed by atoms with Gasteiger partial charge in [0.1, 0.15) is 11.5 Å². The first-order valence-corrected chi connectivity index (χ1v) is 8.61. The van der Waals surface area contributed by atoms with Crippen LogP contribution in [-0.4, -0.2) is 42.4 Å². The number of nitrogens with one attached hydrogen (secondary N) is 2. The molecule has 10 nitrogen and oxygen atoms in total. The average Bonchev–Trinajstić information content (AvgIpc) is 3.11. The summed E-state index contributed by atoms with van der Waals surface area (Å²) in [5.74, 6) is 2.11. The van der Waals surface area contributed by atoms with Crippen LogP contribution in [0, 0.1) is 13.8 Å². The van der Waals surface area contributed by atoms with E-state index in [1.165, 1.54) is 21.3 Å². The Labute approximate surface area is 167 Å². The Kier molecular flexibility index (Phi) is 5.82. The Hall–Kier alpha value is -3.82. The molecule has 0 atom stereocenters. The SMILES string of the molecule is COc1cc(Nc2nc(C)cc(C(=O)Nc3cc(C)on3)n2)cc(OC)c1OC. The van der Waals surface area contributed by atoms with Gasteiger partial charge in [0.05, 0.1) is 21.3 Å². The second-order valence-electron chi connectivity index (χ2n) is 6.03. The molecular formula is C19H21N5O5. The van der Waals surface area contributed by atoms with E-state index in [2.05, 4.69) is 25.8 Å². The van der Waals surface area contributed by atoms with E-state index < -0.39 is 5.91 Å². The van der Waals surface area contributed by atoms with Crippen molar-refractivity contribution in [2.75, 3.05) is 32.0 Å². The van der Waals surface area contributed by atoms with Crippen molar-refractivity contribution in [1.82, 2.24) is 15.1 Å². The van der Waals surface area contributed by atoms with Gasteiger partial charge >= 0.3 is 0 Å². The summed E-state index contributed by atoms with van der Waals surface area (Å²) in [4.78, 5) is 21.1. The second kappa shape index (κ2) is 8.46. The first-order valence-electron chi connectivity index (χ1n) is 8.61. The zero-order valence-electron chi connectivity index (χ0n) is 16.7. The molecule has 0 unspecified atom stereocenters. The molecule has 10 heteroatoms. The van der Waals surface area contributed by atoms with Gasteiger partial charge in [-0.25, -0.2) is 9.97 Å². The number of methoxy groups -OCH3 is 3. The van der Waals surface area contributed by atoms with Crippen LogP contribution in [0.2, 0.25) is 0 Å². The largest absolute Gasteiger partial charge is 0.493 e. The van der Waals surface area contributed by atoms with Crippen LogP contribution < -0.4 is 24.8 Å². The second-order valence-corrected chi connectivity index (χ2v) is 6.03. The maximum Gasteiger partial charge on any atom is 0.275 e. The molecule has 3 rings (SSSR count). The van der Waals surface area contributed by atoms with E-state index >= 15 is 0 Å². The van der Waals surface area contributed by atoms with Crippen LogP contribution in [0.25, 0.3) is 0 Å². The Balaban J connectivity index is 1.87. The third-order valence-corrected chi connectivity index (χ3v) is 3.88. The highest BCUT2D eigenvalue weighted by atomic mass is 16.5. The molecule has 0 spiro atoms. The van der Waals surface area contributed by atoms with Gasteiger partial charge in [-0.3, -0.25) is 4.79 Å². The maximum atomic E-state index is 12.5. The van der Waals surface area contributed by atoms with Crippen LogP contribution in [0.3, 0.4) is 0 Å². The lowest BCUT2D eigenvalue weighted by Crippen LogP contribution is -2.15. The fourth-order valence-electron chi connectivity index (χ4n) is 2.63. The summed E-state index contributed by atoms with van der Waals surface area (Å²) in [7, 11) is 4.58. The first-order chi connectivity index (χ1) is 13.9. The lowest BCUT2D eigenvalue weighted by atomic mass is 10.2. The number of aryl methyl sites for hydroxylation is 2. The van der Waals surface area contributed by atoms with E-state index in [1.54, 1.807) is 38.1 Å². The van der Waals surface area contributed by atoms with Gasteiger partial charge in [-0.15, -0.1) is 0 Å². The molecular weight excluding hydrogens is 378 g/mol. The zero-order valence-corrected chi connectivity index (χ0v) is 16.7. The van der Waals surface area contributed by atoms with E-state index in [1.807, 2.05) is 0 Å². The van der Waals surface area contributed by atoms with Crippen molar-refractivity contribution >= 4 is 23.4 Å². The van der Waals surface area contributed by atoms with Crippen LogP contribution in [0.1, 0.15) is 21.9 Å². The zero-order chi connectivity index (χ0) is 21.0. The number of hydrogen-bond acceptors (Lipinski definition) is 9. The lowest BCUT2D eigenvalue weighted by Gasteiger charge is -2.15. The minimum Gasteiger partial charge on any atom is -0.493 e. The average molecular weight is 399 g/mol. The van der Waals surface area contributed by atoms with Gasteiger partial charge in [0.25, 0.3) is 5.91 Å². The Morgan fingerprint density at radius 1 is 0.966 bits per heavy atom. The van der Waals surface area contributed by atoms with Crippen LogP contribution in [0.4, 0.5) is 17.5 Å². The van der Waals surface area contributed by atoms with E-state index in [9.17, 15) is 4.79 Å². The third-order valence-electron chi connectivity index (χ3n) is 3.88. The summed E-state index contributed by atoms with van der Waals surface area (Å²) < 4.78 is 21.0. The highest BCUT2D eigenvalue weighted by molar-refractivity contribution is 6.02. The molecule has 0 bridgehead atoms. The van der Waals surface area contributed by atoms with E-state index in [0.717, 1.165) is 0 Å². The van der Waals surface area contributed by atoms with E-state index in [4.69, 9.17) is 18.7 Å². The molecule has 0 fully saturated rings. The Bertz CT molecular complexity index is 1010. The van der Waals surface area contributed by atoms with Gasteiger partial charge in [0.15, 0.2) is 17.3 Å². The third kappa shape index (κ3) is 4.54. The van der Waals surface area contributed by atoms with Crippen molar-refractivity contribution in [2.45, 2.75) is 13.8 Å². The number of aromatic nitrogens is 3. The van der Waals surface area contributed by atoms with Gasteiger partial charge in [-0.1, -0.05) is 5.16 Å². The number of amides is 1. The number of benzene rings is 1. The van der Waals surface area contributed by atoms with Crippen molar-refractivity contribution in [2.24, 2.45) is 0 Å². The van der Waals surface area contributed by atoms with Crippen molar-refractivity contribution in [3.05, 3.63) is 41.4 Å². The maximum absolute atomic E-state index is 12.5. The molecule has 152 valence electrons. The van der Waals surface area contributed by atoms with Gasteiger partial charge < -0.3 is 29.4 Å². The molecule has 0 aliphatic carbocycles. The molecule has 2 N–H and O–H groups in total. The van der Waals surface area contributed by atoms with Gasteiger partial charge in [0, 0.05) is 29.6 Å². The number of ether oxygens (including phenoxy) is 3. The quantitative estimate of drug-likeness (QED) is 0.617. The molecule has 0 saturated carbocycles. The van der Waals surface area contributed by atoms with Crippen LogP contribution in [0.5, 0.6) is 17.2 Å². The Morgan fingerprint density at radius 2 is 1.66 bits per heavy atom. The number of rotatable bonds is 7. The topological polar surface area (TPSA) is 121 Å². The highest BCUT2D eigenvalue weighted by Crippen LogP contribution is 2.40. The van der Waals surface area contributed by atoms with Gasteiger partial charge in [0.2, 0.25) is 11.7 Å². The fourth-order valence-corrected chi connectivity index (χ4v) is 2.63. The summed E-state index contributed by atoms with van der Waals surface area (Å²) in [6.07, 6.45) is 0. The van der Waals surface area contributed by atoms with Crippen molar-refractivity contribution in [1.29, 1.82) is 0 Å². The molecule has 29 heavy (non-hydrogen) atoms. The number of carbonyl (C=O) groups excluding carboxylic acids is 1. The minimum absolute atomic E-state index is 0.174. The minimum atomic E-state index is -0.434. The standard InChI is InChI=1S/C19H21N5O5/c1-10-6-13(18(25)23-16-7-11(2)29-24-16)22-19(20-10)21-12-8-14(26-3)17(28-5)15(9-12)27-4/h6-9H,1-5H3,(H,20,21,22)(H,23,24,25). The monoisotopic (exact) mass is 399 g/mol. The van der Waals surface area contributed by atoms with E-state index in [-0.39, 0.29) is 11.6 Å². The number of hydrogen-bond donors (Lipinski definition) is 2. The summed E-state index contributed by atoms with van der Waals surface area (Å²) in [6.45, 7) is 3.50. The normalized spacial score (nSPS) is 10.4. The Morgan fingerprint density at radius 3 is 2.21 bits per heavy atom. The summed E-state index contributed by atoms with van der Waals surface area (Å²) in [5.41, 5.74) is 1.38. The van der Waals surface area contributed by atoms with Gasteiger partial charge in [-0.05, 0) is 19.9 Å². The van der Waals surface area contributed by atoms with Crippen molar-refractivity contribution in [3.8, 4) is 17.2 Å². The van der Waals surface area contributed by atoms with Gasteiger partial charge in [-0.2, -0.15) is 0 Å². The molecule has 0 aliphatic rings. The predicted octanol–water partition coefficient (Wildman–Crippen LogP) is 3.10. The predicted molar refractivity (Wildman–Crippen MR) is 105 cm³/mol. The molecule has 1 amide bonds. The first kappa shape index (κ1) is 19.9. The summed E-state index contributed by atoms with van der Waals surface area (Å²) in [6, 6.07) is 6.61. The molecule has 2 heterocycles. The molecule has 3 aromatic rings. The van der Waals surface area contributed by atoms with Crippen molar-refractivity contribution in [3.63, 3.8) is 0 Å². The van der Waals surface area contributed by atoms with Crippen LogP contribution in [-0.2, 0) is 0 Å². The molecule has 0 radical (unpaired) electrons. The molecule has 0 aliphatic heterocycles. The number of nitrogens with zero attached hydrogens (tertiary/aromatic N) is 3. The molecule has 1 aromatic carbocycles.